The average Bonchev–Trinajstić information content (AvgIpc) is 3.05. The van der Waals surface area contributed by atoms with Crippen LogP contribution in [0, 0.1) is 5.92 Å². The third kappa shape index (κ3) is 1.11. The zero-order valence-electron chi connectivity index (χ0n) is 8.55. The monoisotopic (exact) mass is 203 g/mol. The van der Waals surface area contributed by atoms with Crippen LogP contribution in [-0.4, -0.2) is 24.0 Å². The highest BCUT2D eigenvalue weighted by atomic mass is 16.2. The number of rotatable bonds is 0. The molecule has 1 aromatic rings. The van der Waals surface area contributed by atoms with E-state index < -0.39 is 0 Å². The van der Waals surface area contributed by atoms with Crippen molar-refractivity contribution in [2.45, 2.75) is 18.4 Å². The minimum atomic E-state index is -0.353. The van der Waals surface area contributed by atoms with Crippen molar-refractivity contribution in [3.63, 3.8) is 0 Å². The maximum Gasteiger partial charge on any atom is 0.245 e. The molecule has 0 radical (unpaired) electrons. The van der Waals surface area contributed by atoms with Gasteiger partial charge in [-0.15, -0.1) is 0 Å². The van der Waals surface area contributed by atoms with Gasteiger partial charge in [0.2, 0.25) is 5.91 Å². The van der Waals surface area contributed by atoms with Gasteiger partial charge < -0.3 is 5.73 Å². The standard InChI is InChI=1S/C11H13N3O/c1-14-10-6(3-2-4-13-10)7-5-8(7)9(12)11(14)15/h2-4,7-9H,5,12H2,1H3/t7?,8-,9?/m0/s1. The van der Waals surface area contributed by atoms with Crippen LogP contribution in [0.1, 0.15) is 17.9 Å². The summed E-state index contributed by atoms with van der Waals surface area (Å²) in [5, 5.41) is 0. The third-order valence-electron chi connectivity index (χ3n) is 3.45. The van der Waals surface area contributed by atoms with E-state index in [2.05, 4.69) is 11.1 Å². The number of fused-ring (bicyclic) bond motifs is 3. The zero-order chi connectivity index (χ0) is 10.6. The molecule has 0 bridgehead atoms. The molecule has 1 amide bonds. The third-order valence-corrected chi connectivity index (χ3v) is 3.45. The summed E-state index contributed by atoms with van der Waals surface area (Å²) in [6.45, 7) is 0. The molecule has 4 heteroatoms. The molecular weight excluding hydrogens is 190 g/mol. The molecule has 1 aliphatic carbocycles. The fourth-order valence-corrected chi connectivity index (χ4v) is 2.46. The number of hydrogen-bond donors (Lipinski definition) is 1. The van der Waals surface area contributed by atoms with E-state index in [0.717, 1.165) is 12.2 Å². The van der Waals surface area contributed by atoms with Crippen LogP contribution in [0.5, 0.6) is 0 Å². The maximum atomic E-state index is 11.9. The lowest BCUT2D eigenvalue weighted by Crippen LogP contribution is -2.42. The number of pyridine rings is 1. The summed E-state index contributed by atoms with van der Waals surface area (Å²) in [4.78, 5) is 17.8. The van der Waals surface area contributed by atoms with Crippen LogP contribution in [0.2, 0.25) is 0 Å². The van der Waals surface area contributed by atoms with E-state index in [4.69, 9.17) is 5.73 Å². The second kappa shape index (κ2) is 2.79. The summed E-state index contributed by atoms with van der Waals surface area (Å²) in [5.41, 5.74) is 7.09. The maximum absolute atomic E-state index is 11.9. The normalized spacial score (nSPS) is 33.1. The van der Waals surface area contributed by atoms with Gasteiger partial charge in [0, 0.05) is 13.2 Å². The minimum Gasteiger partial charge on any atom is -0.320 e. The van der Waals surface area contributed by atoms with Gasteiger partial charge in [-0.25, -0.2) is 4.98 Å². The smallest absolute Gasteiger partial charge is 0.245 e. The summed E-state index contributed by atoms with van der Waals surface area (Å²) in [5.74, 6) is 1.53. The number of likely N-dealkylation sites (N-methyl/N-ethyl adjacent to an activating group) is 1. The molecule has 3 rings (SSSR count). The number of nitrogens with zero attached hydrogens (tertiary/aromatic N) is 2. The fourth-order valence-electron chi connectivity index (χ4n) is 2.46. The van der Waals surface area contributed by atoms with Crippen molar-refractivity contribution in [2.24, 2.45) is 11.7 Å². The fraction of sp³-hybridized carbons (Fsp3) is 0.455. The number of amides is 1. The molecule has 1 aromatic heterocycles. The zero-order valence-corrected chi connectivity index (χ0v) is 8.55. The Balaban J connectivity index is 2.14. The first-order chi connectivity index (χ1) is 7.20. The van der Waals surface area contributed by atoms with E-state index in [-0.39, 0.29) is 11.9 Å². The molecule has 2 heterocycles. The Labute approximate surface area is 88.1 Å². The van der Waals surface area contributed by atoms with Crippen molar-refractivity contribution in [1.29, 1.82) is 0 Å². The Kier molecular flexibility index (Phi) is 1.65. The lowest BCUT2D eigenvalue weighted by Gasteiger charge is -2.19. The Morgan fingerprint density at radius 2 is 2.40 bits per heavy atom. The van der Waals surface area contributed by atoms with Crippen molar-refractivity contribution >= 4 is 11.7 Å². The number of anilines is 1. The number of hydrogen-bond acceptors (Lipinski definition) is 3. The highest BCUT2D eigenvalue weighted by Gasteiger charge is 2.50. The van der Waals surface area contributed by atoms with Crippen LogP contribution in [0.25, 0.3) is 0 Å². The Hall–Kier alpha value is -1.42. The van der Waals surface area contributed by atoms with Crippen LogP contribution in [-0.2, 0) is 4.79 Å². The predicted octanol–water partition coefficient (Wildman–Crippen LogP) is 0.489. The van der Waals surface area contributed by atoms with Crippen LogP contribution in [0.4, 0.5) is 5.82 Å². The van der Waals surface area contributed by atoms with Crippen LogP contribution < -0.4 is 10.6 Å². The first kappa shape index (κ1) is 8.85. The Bertz CT molecular complexity index is 432. The largest absolute Gasteiger partial charge is 0.320 e. The molecule has 15 heavy (non-hydrogen) atoms. The van der Waals surface area contributed by atoms with Crippen molar-refractivity contribution in [2.75, 3.05) is 11.9 Å². The van der Waals surface area contributed by atoms with Gasteiger partial charge in [0.1, 0.15) is 5.82 Å². The molecule has 1 saturated carbocycles. The average molecular weight is 203 g/mol. The Morgan fingerprint density at radius 1 is 1.60 bits per heavy atom. The van der Waals surface area contributed by atoms with E-state index in [1.165, 1.54) is 5.56 Å². The lowest BCUT2D eigenvalue weighted by molar-refractivity contribution is -0.119. The number of nitrogens with two attached hydrogens (primary N) is 1. The van der Waals surface area contributed by atoms with Gasteiger partial charge in [-0.05, 0) is 29.9 Å². The van der Waals surface area contributed by atoms with Gasteiger partial charge in [-0.3, -0.25) is 9.69 Å². The molecule has 1 fully saturated rings. The first-order valence-corrected chi connectivity index (χ1v) is 5.18. The second-order valence-corrected chi connectivity index (χ2v) is 4.35. The number of aromatic nitrogens is 1. The lowest BCUT2D eigenvalue weighted by atomic mass is 10.1. The van der Waals surface area contributed by atoms with Gasteiger partial charge >= 0.3 is 0 Å². The summed E-state index contributed by atoms with van der Waals surface area (Å²) < 4.78 is 0. The van der Waals surface area contributed by atoms with E-state index in [1.807, 2.05) is 6.07 Å². The minimum absolute atomic E-state index is 0.0139. The van der Waals surface area contributed by atoms with Crippen molar-refractivity contribution in [1.82, 2.24) is 4.98 Å². The van der Waals surface area contributed by atoms with E-state index >= 15 is 0 Å². The SMILES string of the molecule is CN1C(=O)C(N)[C@H]2CC2c2cccnc21. The molecule has 2 aliphatic rings. The molecule has 2 unspecified atom stereocenters. The molecule has 4 nitrogen and oxygen atoms in total. The Morgan fingerprint density at radius 3 is 3.20 bits per heavy atom. The van der Waals surface area contributed by atoms with E-state index in [0.29, 0.717) is 11.8 Å². The predicted molar refractivity (Wildman–Crippen MR) is 56.5 cm³/mol. The molecule has 78 valence electrons. The van der Waals surface area contributed by atoms with Crippen LogP contribution >= 0.6 is 0 Å². The number of carbonyl (C=O) groups is 1. The quantitative estimate of drug-likeness (QED) is 0.667. The first-order valence-electron chi connectivity index (χ1n) is 5.18. The molecule has 0 spiro atoms. The van der Waals surface area contributed by atoms with Gasteiger partial charge in [0.25, 0.3) is 0 Å². The van der Waals surface area contributed by atoms with Gasteiger partial charge in [-0.1, -0.05) is 6.07 Å². The van der Waals surface area contributed by atoms with E-state index in [1.54, 1.807) is 18.1 Å². The molecule has 1 aliphatic heterocycles. The van der Waals surface area contributed by atoms with Crippen LogP contribution in [0.15, 0.2) is 18.3 Å². The molecule has 0 aromatic carbocycles. The highest BCUT2D eigenvalue weighted by molar-refractivity contribution is 5.98. The van der Waals surface area contributed by atoms with Gasteiger partial charge in [-0.2, -0.15) is 0 Å². The molecule has 0 saturated heterocycles. The molecule has 2 N–H and O–H groups in total. The van der Waals surface area contributed by atoms with Gasteiger partial charge in [0.15, 0.2) is 0 Å². The topological polar surface area (TPSA) is 59.2 Å². The second-order valence-electron chi connectivity index (χ2n) is 4.35. The summed E-state index contributed by atoms with van der Waals surface area (Å²) in [7, 11) is 1.75. The number of carbonyl (C=O) groups excluding carboxylic acids is 1. The molecular formula is C11H13N3O. The van der Waals surface area contributed by atoms with E-state index in [9.17, 15) is 4.79 Å². The summed E-state index contributed by atoms with van der Waals surface area (Å²) in [6.07, 6.45) is 2.75. The van der Waals surface area contributed by atoms with Crippen molar-refractivity contribution < 1.29 is 4.79 Å². The van der Waals surface area contributed by atoms with Crippen molar-refractivity contribution in [3.05, 3.63) is 23.9 Å². The summed E-state index contributed by atoms with van der Waals surface area (Å²) in [6, 6.07) is 3.62. The van der Waals surface area contributed by atoms with Gasteiger partial charge in [0.05, 0.1) is 6.04 Å². The van der Waals surface area contributed by atoms with Crippen LogP contribution in [0.3, 0.4) is 0 Å². The summed E-state index contributed by atoms with van der Waals surface area (Å²) >= 11 is 0. The highest BCUT2D eigenvalue weighted by Crippen LogP contribution is 2.53. The van der Waals surface area contributed by atoms with Crippen molar-refractivity contribution in [3.8, 4) is 0 Å². The molecule has 3 atom stereocenters.